The molecule has 0 atom stereocenters. The third-order valence-corrected chi connectivity index (χ3v) is 2.21. The Hall–Kier alpha value is -2.21. The zero-order chi connectivity index (χ0) is 13.5. The first-order valence-electron chi connectivity index (χ1n) is 5.40. The van der Waals surface area contributed by atoms with Gasteiger partial charge in [0.15, 0.2) is 5.78 Å². The molecule has 6 heteroatoms. The van der Waals surface area contributed by atoms with Crippen LogP contribution < -0.4 is 16.4 Å². The molecule has 0 fully saturated rings. The quantitative estimate of drug-likeness (QED) is 0.634. The molecule has 1 aromatic rings. The zero-order valence-electron chi connectivity index (χ0n) is 10.0. The Kier molecular flexibility index (Phi) is 5.01. The molecule has 4 N–H and O–H groups in total. The molecule has 0 aliphatic heterocycles. The Labute approximate surface area is 105 Å². The Morgan fingerprint density at radius 1 is 1.11 bits per heavy atom. The minimum absolute atomic E-state index is 0.0388. The van der Waals surface area contributed by atoms with Crippen molar-refractivity contribution in [1.82, 2.24) is 5.32 Å². The summed E-state index contributed by atoms with van der Waals surface area (Å²) in [5.41, 5.74) is 6.22. The van der Waals surface area contributed by atoms with Gasteiger partial charge in [0.1, 0.15) is 0 Å². The molecule has 18 heavy (non-hydrogen) atoms. The highest BCUT2D eigenvalue weighted by atomic mass is 16.2. The number of nitrogens with two attached hydrogens (primary N) is 1. The number of hydrogen-bond acceptors (Lipinski definition) is 4. The lowest BCUT2D eigenvalue weighted by atomic mass is 10.1. The number of rotatable bonds is 5. The molecule has 0 spiro atoms. The standard InChI is InChI=1S/C12H15N3O3/c1-8(16)9-2-4-10(5-3-9)15-12(18)7-14-11(17)6-13/h2-5H,6-7,13H2,1H3,(H,14,17)(H,15,18). The molecule has 0 aliphatic rings. The van der Waals surface area contributed by atoms with Crippen molar-refractivity contribution < 1.29 is 14.4 Å². The van der Waals surface area contributed by atoms with Gasteiger partial charge in [-0.1, -0.05) is 0 Å². The SMILES string of the molecule is CC(=O)c1ccc(NC(=O)CNC(=O)CN)cc1. The number of ketones is 1. The number of nitrogens with one attached hydrogen (secondary N) is 2. The third-order valence-electron chi connectivity index (χ3n) is 2.21. The van der Waals surface area contributed by atoms with Gasteiger partial charge in [-0.25, -0.2) is 0 Å². The van der Waals surface area contributed by atoms with Crippen LogP contribution in [0.25, 0.3) is 0 Å². The second-order valence-corrected chi connectivity index (χ2v) is 3.66. The van der Waals surface area contributed by atoms with E-state index in [1.165, 1.54) is 6.92 Å². The smallest absolute Gasteiger partial charge is 0.243 e. The lowest BCUT2D eigenvalue weighted by Gasteiger charge is -2.06. The molecule has 1 rings (SSSR count). The molecule has 0 radical (unpaired) electrons. The number of anilines is 1. The van der Waals surface area contributed by atoms with Crippen LogP contribution >= 0.6 is 0 Å². The molecule has 0 saturated heterocycles. The van der Waals surface area contributed by atoms with Gasteiger partial charge in [0.2, 0.25) is 11.8 Å². The molecule has 6 nitrogen and oxygen atoms in total. The number of carbonyl (C=O) groups is 3. The number of amides is 2. The summed E-state index contributed by atoms with van der Waals surface area (Å²) in [7, 11) is 0. The van der Waals surface area contributed by atoms with E-state index in [1.54, 1.807) is 24.3 Å². The Bertz CT molecular complexity index is 454. The van der Waals surface area contributed by atoms with Gasteiger partial charge >= 0.3 is 0 Å². The van der Waals surface area contributed by atoms with Crippen molar-refractivity contribution in [2.24, 2.45) is 5.73 Å². The van der Waals surface area contributed by atoms with Gasteiger partial charge in [-0.05, 0) is 31.2 Å². The maximum Gasteiger partial charge on any atom is 0.243 e. The maximum absolute atomic E-state index is 11.4. The van der Waals surface area contributed by atoms with E-state index in [0.29, 0.717) is 11.3 Å². The first kappa shape index (κ1) is 13.9. The van der Waals surface area contributed by atoms with E-state index in [-0.39, 0.29) is 24.8 Å². The molecular formula is C12H15N3O3. The average Bonchev–Trinajstić information content (AvgIpc) is 2.36. The van der Waals surface area contributed by atoms with Crippen LogP contribution in [0.1, 0.15) is 17.3 Å². The Morgan fingerprint density at radius 2 is 1.72 bits per heavy atom. The Balaban J connectivity index is 2.49. The summed E-state index contributed by atoms with van der Waals surface area (Å²) >= 11 is 0. The van der Waals surface area contributed by atoms with Crippen molar-refractivity contribution in [3.63, 3.8) is 0 Å². The second-order valence-electron chi connectivity index (χ2n) is 3.66. The molecule has 1 aromatic carbocycles. The summed E-state index contributed by atoms with van der Waals surface area (Å²) < 4.78 is 0. The van der Waals surface area contributed by atoms with Gasteiger partial charge in [0.05, 0.1) is 13.1 Å². The largest absolute Gasteiger partial charge is 0.346 e. The Morgan fingerprint density at radius 3 is 2.22 bits per heavy atom. The van der Waals surface area contributed by atoms with Crippen molar-refractivity contribution in [2.45, 2.75) is 6.92 Å². The van der Waals surface area contributed by atoms with Gasteiger partial charge < -0.3 is 16.4 Å². The van der Waals surface area contributed by atoms with Crippen LogP contribution in [0.5, 0.6) is 0 Å². The second kappa shape index (κ2) is 6.51. The summed E-state index contributed by atoms with van der Waals surface area (Å²) in [5.74, 6) is -0.785. The van der Waals surface area contributed by atoms with Crippen molar-refractivity contribution in [1.29, 1.82) is 0 Å². The molecule has 0 aromatic heterocycles. The van der Waals surface area contributed by atoms with Crippen molar-refractivity contribution >= 4 is 23.3 Å². The fourth-order valence-electron chi connectivity index (χ4n) is 1.24. The van der Waals surface area contributed by atoms with Gasteiger partial charge in [0.25, 0.3) is 0 Å². The monoisotopic (exact) mass is 249 g/mol. The summed E-state index contributed by atoms with van der Waals surface area (Å²) in [6, 6.07) is 6.49. The molecule has 0 saturated carbocycles. The molecule has 0 bridgehead atoms. The summed E-state index contributed by atoms with van der Waals surface area (Å²) in [4.78, 5) is 33.3. The van der Waals surface area contributed by atoms with Crippen LogP contribution in [-0.2, 0) is 9.59 Å². The first-order chi connectivity index (χ1) is 8.52. The molecule has 0 aliphatic carbocycles. The van der Waals surface area contributed by atoms with E-state index in [4.69, 9.17) is 5.73 Å². The maximum atomic E-state index is 11.4. The molecule has 96 valence electrons. The highest BCUT2D eigenvalue weighted by molar-refractivity contribution is 5.96. The van der Waals surface area contributed by atoms with Gasteiger partial charge in [-0.2, -0.15) is 0 Å². The molecular weight excluding hydrogens is 234 g/mol. The summed E-state index contributed by atoms with van der Waals surface area (Å²) in [6.45, 7) is 1.18. The minimum atomic E-state index is -0.392. The number of hydrogen-bond donors (Lipinski definition) is 3. The fraction of sp³-hybridized carbons (Fsp3) is 0.250. The van der Waals surface area contributed by atoms with E-state index in [2.05, 4.69) is 10.6 Å². The van der Waals surface area contributed by atoms with Crippen LogP contribution in [-0.4, -0.2) is 30.7 Å². The lowest BCUT2D eigenvalue weighted by molar-refractivity contribution is -0.123. The zero-order valence-corrected chi connectivity index (χ0v) is 10.0. The highest BCUT2D eigenvalue weighted by Gasteiger charge is 2.05. The summed E-state index contributed by atoms with van der Waals surface area (Å²) in [5, 5.41) is 4.93. The average molecular weight is 249 g/mol. The van der Waals surface area contributed by atoms with E-state index >= 15 is 0 Å². The predicted molar refractivity (Wildman–Crippen MR) is 67.1 cm³/mol. The van der Waals surface area contributed by atoms with Crippen molar-refractivity contribution in [3.8, 4) is 0 Å². The van der Waals surface area contributed by atoms with E-state index < -0.39 is 5.91 Å². The fourth-order valence-corrected chi connectivity index (χ4v) is 1.24. The predicted octanol–water partition coefficient (Wildman–Crippen LogP) is -0.0974. The highest BCUT2D eigenvalue weighted by Crippen LogP contribution is 2.09. The van der Waals surface area contributed by atoms with Gasteiger partial charge in [-0.3, -0.25) is 14.4 Å². The lowest BCUT2D eigenvalue weighted by Crippen LogP contribution is -2.36. The normalized spacial score (nSPS) is 9.67. The van der Waals surface area contributed by atoms with Crippen LogP contribution in [0.2, 0.25) is 0 Å². The number of Topliss-reactive ketones (excluding diaryl/α,β-unsaturated/α-hetero) is 1. The van der Waals surface area contributed by atoms with Crippen LogP contribution in [0.4, 0.5) is 5.69 Å². The van der Waals surface area contributed by atoms with Crippen LogP contribution in [0.15, 0.2) is 24.3 Å². The first-order valence-corrected chi connectivity index (χ1v) is 5.40. The van der Waals surface area contributed by atoms with Gasteiger partial charge in [0, 0.05) is 11.3 Å². The molecule has 2 amide bonds. The van der Waals surface area contributed by atoms with E-state index in [1.807, 2.05) is 0 Å². The van der Waals surface area contributed by atoms with Crippen molar-refractivity contribution in [3.05, 3.63) is 29.8 Å². The number of carbonyl (C=O) groups excluding carboxylic acids is 3. The molecule has 0 unspecified atom stereocenters. The van der Waals surface area contributed by atoms with Crippen molar-refractivity contribution in [2.75, 3.05) is 18.4 Å². The third kappa shape index (κ3) is 4.34. The summed E-state index contributed by atoms with van der Waals surface area (Å²) in [6.07, 6.45) is 0. The minimum Gasteiger partial charge on any atom is -0.346 e. The van der Waals surface area contributed by atoms with Crippen LogP contribution in [0, 0.1) is 0 Å². The van der Waals surface area contributed by atoms with Gasteiger partial charge in [-0.15, -0.1) is 0 Å². The number of benzene rings is 1. The van der Waals surface area contributed by atoms with Crippen LogP contribution in [0.3, 0.4) is 0 Å². The van der Waals surface area contributed by atoms with E-state index in [9.17, 15) is 14.4 Å². The topological polar surface area (TPSA) is 101 Å². The van der Waals surface area contributed by atoms with E-state index in [0.717, 1.165) is 0 Å². The molecule has 0 heterocycles.